The van der Waals surface area contributed by atoms with E-state index in [9.17, 15) is 19.1 Å². The van der Waals surface area contributed by atoms with Crippen LogP contribution in [0.4, 0.5) is 9.18 Å². The Morgan fingerprint density at radius 2 is 1.80 bits per heavy atom. The smallest absolute Gasteiger partial charge is 0.419 e. The fourth-order valence-corrected chi connectivity index (χ4v) is 3.26. The van der Waals surface area contributed by atoms with Crippen LogP contribution in [-0.2, 0) is 19.9 Å². The Balaban J connectivity index is 2.28. The molecule has 6 nitrogen and oxygen atoms in total. The highest BCUT2D eigenvalue weighted by atomic mass is 19.1. The summed E-state index contributed by atoms with van der Waals surface area (Å²) in [6.07, 6.45) is 0.663. The maximum absolute atomic E-state index is 14.0. The molecule has 7 heteroatoms. The second kappa shape index (κ2) is 7.91. The van der Waals surface area contributed by atoms with Crippen LogP contribution >= 0.6 is 0 Å². The van der Waals surface area contributed by atoms with E-state index in [1.165, 1.54) is 29.0 Å². The number of nitrogens with zero attached hydrogens (tertiary/aromatic N) is 1. The summed E-state index contributed by atoms with van der Waals surface area (Å²) in [5.74, 6) is -1.59. The van der Waals surface area contributed by atoms with Gasteiger partial charge in [0, 0.05) is 22.7 Å². The molecule has 1 N–H and O–H groups in total. The number of aliphatic hydroxyl groups is 1. The molecule has 1 atom stereocenters. The average molecular weight is 413 g/mol. The van der Waals surface area contributed by atoms with Gasteiger partial charge < -0.3 is 14.6 Å². The maximum Gasteiger partial charge on any atom is 0.419 e. The highest BCUT2D eigenvalue weighted by Gasteiger charge is 2.44. The summed E-state index contributed by atoms with van der Waals surface area (Å²) >= 11 is 0. The van der Waals surface area contributed by atoms with Gasteiger partial charge >= 0.3 is 12.1 Å². The monoisotopic (exact) mass is 413 g/mol. The Kier molecular flexibility index (Phi) is 5.67. The molecule has 0 fully saturated rings. The Hall–Kier alpha value is -3.19. The largest absolute Gasteiger partial charge is 0.463 e. The lowest BCUT2D eigenvalue weighted by Gasteiger charge is -2.26. The Labute approximate surface area is 173 Å². The van der Waals surface area contributed by atoms with Crippen LogP contribution in [0.25, 0.3) is 10.9 Å². The fraction of sp³-hybridized carbons (Fsp3) is 0.304. The lowest BCUT2D eigenvalue weighted by Crippen LogP contribution is -2.38. The number of carbonyl (C=O) groups excluding carboxylic acids is 2. The number of ether oxygens (including phenoxy) is 2. The topological polar surface area (TPSA) is 77.8 Å². The van der Waals surface area contributed by atoms with Gasteiger partial charge in [0.1, 0.15) is 11.4 Å². The van der Waals surface area contributed by atoms with Crippen molar-refractivity contribution in [3.8, 4) is 0 Å². The van der Waals surface area contributed by atoms with Gasteiger partial charge in [0.25, 0.3) is 0 Å². The first-order valence-corrected chi connectivity index (χ1v) is 9.57. The van der Waals surface area contributed by atoms with E-state index >= 15 is 0 Å². The number of hydrogen-bond donors (Lipinski definition) is 1. The zero-order chi connectivity index (χ0) is 22.1. The highest BCUT2D eigenvalue weighted by Crippen LogP contribution is 2.37. The molecule has 0 saturated carbocycles. The molecule has 0 bridgehead atoms. The molecule has 3 aromatic rings. The van der Waals surface area contributed by atoms with Gasteiger partial charge in [-0.1, -0.05) is 30.3 Å². The molecular weight excluding hydrogens is 389 g/mol. The van der Waals surface area contributed by atoms with Crippen LogP contribution in [0.15, 0.2) is 54.7 Å². The normalized spacial score (nSPS) is 13.7. The van der Waals surface area contributed by atoms with Crippen LogP contribution in [0.3, 0.4) is 0 Å². The van der Waals surface area contributed by atoms with Crippen LogP contribution in [0, 0.1) is 5.82 Å². The summed E-state index contributed by atoms with van der Waals surface area (Å²) in [6.45, 7) is 6.83. The van der Waals surface area contributed by atoms with Crippen molar-refractivity contribution in [2.45, 2.75) is 38.9 Å². The molecule has 0 aliphatic heterocycles. The first-order valence-electron chi connectivity index (χ1n) is 9.57. The van der Waals surface area contributed by atoms with Gasteiger partial charge in [-0.25, -0.2) is 14.0 Å². The van der Waals surface area contributed by atoms with E-state index in [0.29, 0.717) is 10.9 Å². The van der Waals surface area contributed by atoms with Crippen molar-refractivity contribution >= 4 is 23.0 Å². The molecule has 0 aliphatic rings. The number of esters is 1. The summed E-state index contributed by atoms with van der Waals surface area (Å²) in [7, 11) is 0. The number of hydrogen-bond acceptors (Lipinski definition) is 5. The summed E-state index contributed by atoms with van der Waals surface area (Å²) in [4.78, 5) is 25.7. The predicted molar refractivity (Wildman–Crippen MR) is 110 cm³/mol. The van der Waals surface area contributed by atoms with Crippen molar-refractivity contribution in [3.63, 3.8) is 0 Å². The van der Waals surface area contributed by atoms with Gasteiger partial charge in [0.05, 0.1) is 12.1 Å². The van der Waals surface area contributed by atoms with Gasteiger partial charge in [-0.15, -0.1) is 0 Å². The zero-order valence-corrected chi connectivity index (χ0v) is 17.3. The minimum Gasteiger partial charge on any atom is -0.463 e. The van der Waals surface area contributed by atoms with Gasteiger partial charge in [-0.05, 0) is 45.9 Å². The molecule has 3 rings (SSSR count). The second-order valence-electron chi connectivity index (χ2n) is 7.85. The van der Waals surface area contributed by atoms with Gasteiger partial charge in [-0.2, -0.15) is 0 Å². The summed E-state index contributed by atoms with van der Waals surface area (Å²) in [5.41, 5.74) is -2.56. The van der Waals surface area contributed by atoms with Crippen molar-refractivity contribution < 1.29 is 28.6 Å². The number of fused-ring (bicyclic) bond motifs is 1. The fourth-order valence-electron chi connectivity index (χ4n) is 3.26. The standard InChI is InChI=1S/C23H24FNO5/c1-5-29-20(26)23(28,15-9-8-10-16(24)13-15)18-14-25(21(27)30-22(2,3)4)19-12-7-6-11-17(18)19/h6-14,28H,5H2,1-4H3/t23-/m1/s1. The molecule has 0 spiro atoms. The molecule has 2 aromatic carbocycles. The molecule has 158 valence electrons. The van der Waals surface area contributed by atoms with E-state index < -0.39 is 29.1 Å². The van der Waals surface area contributed by atoms with E-state index in [-0.39, 0.29) is 17.7 Å². The summed E-state index contributed by atoms with van der Waals surface area (Å²) < 4.78 is 25.7. The summed E-state index contributed by atoms with van der Waals surface area (Å²) in [6, 6.07) is 11.9. The van der Waals surface area contributed by atoms with Crippen LogP contribution < -0.4 is 0 Å². The van der Waals surface area contributed by atoms with Crippen LogP contribution in [0.1, 0.15) is 38.8 Å². The molecule has 30 heavy (non-hydrogen) atoms. The number of halogens is 1. The molecule has 0 unspecified atom stereocenters. The first-order chi connectivity index (χ1) is 14.1. The average Bonchev–Trinajstić information content (AvgIpc) is 3.06. The van der Waals surface area contributed by atoms with Crippen molar-refractivity contribution in [1.29, 1.82) is 0 Å². The molecule has 1 heterocycles. The van der Waals surface area contributed by atoms with Crippen molar-refractivity contribution in [2.24, 2.45) is 0 Å². The van der Waals surface area contributed by atoms with E-state index in [4.69, 9.17) is 9.47 Å². The Morgan fingerprint density at radius 1 is 1.10 bits per heavy atom. The lowest BCUT2D eigenvalue weighted by molar-refractivity contribution is -0.161. The lowest BCUT2D eigenvalue weighted by atomic mass is 9.86. The van der Waals surface area contributed by atoms with Crippen molar-refractivity contribution in [1.82, 2.24) is 4.57 Å². The Bertz CT molecular complexity index is 1100. The third kappa shape index (κ3) is 3.93. The molecular formula is C23H24FNO5. The zero-order valence-electron chi connectivity index (χ0n) is 17.3. The highest BCUT2D eigenvalue weighted by molar-refractivity contribution is 5.98. The number of aromatic nitrogens is 1. The van der Waals surface area contributed by atoms with Gasteiger partial charge in [0.15, 0.2) is 0 Å². The number of carbonyl (C=O) groups is 2. The minimum absolute atomic E-state index is 0.00644. The maximum atomic E-state index is 14.0. The van der Waals surface area contributed by atoms with Crippen molar-refractivity contribution in [2.75, 3.05) is 6.61 Å². The number of para-hydroxylation sites is 1. The molecule has 0 aliphatic carbocycles. The third-order valence-corrected chi connectivity index (χ3v) is 4.51. The minimum atomic E-state index is -2.33. The van der Waals surface area contributed by atoms with Crippen LogP contribution in [-0.4, -0.2) is 33.9 Å². The van der Waals surface area contributed by atoms with Crippen LogP contribution in [0.2, 0.25) is 0 Å². The SMILES string of the molecule is CCOC(=O)[C@@](O)(c1cccc(F)c1)c1cn(C(=O)OC(C)(C)C)c2ccccc12. The Morgan fingerprint density at radius 3 is 2.43 bits per heavy atom. The van der Waals surface area contributed by atoms with Crippen molar-refractivity contribution in [3.05, 3.63) is 71.7 Å². The first kappa shape index (κ1) is 21.5. The summed E-state index contributed by atoms with van der Waals surface area (Å²) in [5, 5.41) is 12.0. The quantitative estimate of drug-likeness (QED) is 0.643. The van der Waals surface area contributed by atoms with E-state index in [1.54, 1.807) is 52.0 Å². The van der Waals surface area contributed by atoms with E-state index in [1.807, 2.05) is 0 Å². The molecule has 0 radical (unpaired) electrons. The predicted octanol–water partition coefficient (Wildman–Crippen LogP) is 4.36. The second-order valence-corrected chi connectivity index (χ2v) is 7.85. The molecule has 0 saturated heterocycles. The van der Waals surface area contributed by atoms with Gasteiger partial charge in [0.2, 0.25) is 5.60 Å². The van der Waals surface area contributed by atoms with E-state index in [2.05, 4.69) is 0 Å². The number of benzene rings is 2. The van der Waals surface area contributed by atoms with E-state index in [0.717, 1.165) is 6.07 Å². The molecule has 1 aromatic heterocycles. The van der Waals surface area contributed by atoms with Gasteiger partial charge in [-0.3, -0.25) is 4.57 Å². The number of rotatable bonds is 4. The third-order valence-electron chi connectivity index (χ3n) is 4.51. The van der Waals surface area contributed by atoms with Crippen LogP contribution in [0.5, 0.6) is 0 Å². The molecule has 0 amide bonds.